The fourth-order valence-corrected chi connectivity index (χ4v) is 3.77. The molecule has 2 atom stereocenters. The number of hydrogen-bond acceptors (Lipinski definition) is 4. The van der Waals surface area contributed by atoms with Crippen molar-refractivity contribution in [3.05, 3.63) is 29.3 Å². The van der Waals surface area contributed by atoms with Crippen LogP contribution in [-0.4, -0.2) is 38.6 Å². The number of hydrogen-bond donors (Lipinski definition) is 3. The lowest BCUT2D eigenvalue weighted by atomic mass is 9.87. The van der Waals surface area contributed by atoms with E-state index in [1.165, 1.54) is 24.3 Å². The van der Waals surface area contributed by atoms with Crippen LogP contribution in [0.2, 0.25) is 5.02 Å². The van der Waals surface area contributed by atoms with Crippen LogP contribution in [0.25, 0.3) is 0 Å². The molecule has 8 heteroatoms. The number of amides is 1. The fourth-order valence-electron chi connectivity index (χ4n) is 2.61. The second-order valence-electron chi connectivity index (χ2n) is 5.66. The summed E-state index contributed by atoms with van der Waals surface area (Å²) < 4.78 is 26.5. The molecule has 0 spiro atoms. The third-order valence-electron chi connectivity index (χ3n) is 3.86. The summed E-state index contributed by atoms with van der Waals surface area (Å²) in [7, 11) is -3.61. The van der Waals surface area contributed by atoms with Crippen molar-refractivity contribution in [3.63, 3.8) is 0 Å². The summed E-state index contributed by atoms with van der Waals surface area (Å²) in [6, 6.07) is 5.86. The fraction of sp³-hybridized carbons (Fsp3) is 0.533. The maximum Gasteiger partial charge on any atom is 0.240 e. The van der Waals surface area contributed by atoms with E-state index < -0.39 is 16.1 Å². The first-order valence-corrected chi connectivity index (χ1v) is 9.45. The molecule has 23 heavy (non-hydrogen) atoms. The lowest BCUT2D eigenvalue weighted by Gasteiger charge is -2.24. The molecule has 3 N–H and O–H groups in total. The summed E-state index contributed by atoms with van der Waals surface area (Å²) in [6.07, 6.45) is 2.40. The summed E-state index contributed by atoms with van der Waals surface area (Å²) in [5.74, 6) is -0.318. The van der Waals surface area contributed by atoms with Gasteiger partial charge >= 0.3 is 0 Å². The van der Waals surface area contributed by atoms with Crippen molar-refractivity contribution in [2.45, 2.75) is 36.7 Å². The van der Waals surface area contributed by atoms with Crippen molar-refractivity contribution >= 4 is 27.5 Å². The zero-order valence-corrected chi connectivity index (χ0v) is 14.2. The number of carbonyl (C=O) groups is 1. The largest absolute Gasteiger partial charge is 0.393 e. The quantitative estimate of drug-likeness (QED) is 0.666. The van der Waals surface area contributed by atoms with Gasteiger partial charge < -0.3 is 10.4 Å². The Morgan fingerprint density at radius 2 is 1.91 bits per heavy atom. The van der Waals surface area contributed by atoms with E-state index in [0.717, 1.165) is 19.3 Å². The molecule has 2 rings (SSSR count). The van der Waals surface area contributed by atoms with Crippen molar-refractivity contribution in [1.29, 1.82) is 0 Å². The van der Waals surface area contributed by atoms with Gasteiger partial charge in [-0.05, 0) is 43.5 Å². The summed E-state index contributed by atoms with van der Waals surface area (Å²) in [6.45, 7) is 0.310. The minimum Gasteiger partial charge on any atom is -0.393 e. The molecular formula is C15H21ClN2O4S. The monoisotopic (exact) mass is 360 g/mol. The van der Waals surface area contributed by atoms with Gasteiger partial charge in [0, 0.05) is 24.0 Å². The van der Waals surface area contributed by atoms with Crippen LogP contribution >= 0.6 is 11.6 Å². The molecule has 0 bridgehead atoms. The second kappa shape index (κ2) is 8.10. The van der Waals surface area contributed by atoms with Crippen molar-refractivity contribution < 1.29 is 18.3 Å². The highest BCUT2D eigenvalue weighted by molar-refractivity contribution is 7.89. The molecule has 1 amide bonds. The Balaban J connectivity index is 1.76. The molecule has 1 aliphatic carbocycles. The summed E-state index contributed by atoms with van der Waals surface area (Å²) >= 11 is 5.73. The van der Waals surface area contributed by atoms with Crippen LogP contribution in [0.15, 0.2) is 29.2 Å². The predicted molar refractivity (Wildman–Crippen MR) is 87.6 cm³/mol. The highest BCUT2D eigenvalue weighted by Gasteiger charge is 2.25. The number of nitrogens with one attached hydrogen (secondary N) is 2. The van der Waals surface area contributed by atoms with Crippen molar-refractivity contribution in [2.75, 3.05) is 13.1 Å². The lowest BCUT2D eigenvalue weighted by molar-refractivity contribution is -0.127. The zero-order valence-electron chi connectivity index (χ0n) is 12.7. The first-order valence-electron chi connectivity index (χ1n) is 7.59. The Morgan fingerprint density at radius 1 is 1.22 bits per heavy atom. The van der Waals surface area contributed by atoms with E-state index in [4.69, 9.17) is 11.6 Å². The molecule has 1 saturated carbocycles. The molecule has 128 valence electrons. The first-order chi connectivity index (χ1) is 10.9. The SMILES string of the molecule is O=C(NCCNS(=O)(=O)c1ccc(Cl)cc1)[C@H]1CCC[C@@H](O)C1. The maximum absolute atomic E-state index is 12.0. The molecular weight excluding hydrogens is 340 g/mol. The smallest absolute Gasteiger partial charge is 0.240 e. The van der Waals surface area contributed by atoms with Crippen LogP contribution in [0.3, 0.4) is 0 Å². The molecule has 1 aromatic rings. The number of aliphatic hydroxyl groups is 1. The van der Waals surface area contributed by atoms with Crippen molar-refractivity contribution in [2.24, 2.45) is 5.92 Å². The van der Waals surface area contributed by atoms with Gasteiger partial charge in [-0.2, -0.15) is 0 Å². The van der Waals surface area contributed by atoms with Gasteiger partial charge in [-0.1, -0.05) is 18.0 Å². The van der Waals surface area contributed by atoms with E-state index in [1.54, 1.807) is 0 Å². The van der Waals surface area contributed by atoms with E-state index in [1.807, 2.05) is 0 Å². The van der Waals surface area contributed by atoms with Gasteiger partial charge in [-0.3, -0.25) is 4.79 Å². The third kappa shape index (κ3) is 5.46. The Kier molecular flexibility index (Phi) is 6.41. The molecule has 0 heterocycles. The topological polar surface area (TPSA) is 95.5 Å². The Bertz CT molecular complexity index is 633. The number of benzene rings is 1. The highest BCUT2D eigenvalue weighted by atomic mass is 35.5. The van der Waals surface area contributed by atoms with E-state index in [9.17, 15) is 18.3 Å². The Labute approximate surface area is 141 Å². The molecule has 0 aliphatic heterocycles. The van der Waals surface area contributed by atoms with Crippen molar-refractivity contribution in [3.8, 4) is 0 Å². The molecule has 1 aliphatic rings. The minimum absolute atomic E-state index is 0.103. The van der Waals surface area contributed by atoms with Gasteiger partial charge in [0.1, 0.15) is 0 Å². The van der Waals surface area contributed by atoms with Gasteiger partial charge in [-0.15, -0.1) is 0 Å². The van der Waals surface area contributed by atoms with Gasteiger partial charge in [0.2, 0.25) is 15.9 Å². The number of halogens is 1. The third-order valence-corrected chi connectivity index (χ3v) is 5.59. The molecule has 1 fully saturated rings. The van der Waals surface area contributed by atoms with Crippen LogP contribution < -0.4 is 10.0 Å². The van der Waals surface area contributed by atoms with Crippen LogP contribution in [0.5, 0.6) is 0 Å². The lowest BCUT2D eigenvalue weighted by Crippen LogP contribution is -2.39. The highest BCUT2D eigenvalue weighted by Crippen LogP contribution is 2.24. The van der Waals surface area contributed by atoms with E-state index in [0.29, 0.717) is 11.4 Å². The molecule has 0 unspecified atom stereocenters. The maximum atomic E-state index is 12.0. The van der Waals surface area contributed by atoms with Gasteiger partial charge in [-0.25, -0.2) is 13.1 Å². The second-order valence-corrected chi connectivity index (χ2v) is 7.86. The van der Waals surface area contributed by atoms with Gasteiger partial charge in [0.05, 0.1) is 11.0 Å². The number of sulfonamides is 1. The first kappa shape index (κ1) is 18.2. The van der Waals surface area contributed by atoms with Crippen LogP contribution in [0, 0.1) is 5.92 Å². The summed E-state index contributed by atoms with van der Waals surface area (Å²) in [5, 5.41) is 12.7. The molecule has 0 aromatic heterocycles. The number of aliphatic hydroxyl groups excluding tert-OH is 1. The minimum atomic E-state index is -3.61. The molecule has 1 aromatic carbocycles. The molecule has 0 saturated heterocycles. The number of carbonyl (C=O) groups excluding carboxylic acids is 1. The number of rotatable bonds is 6. The van der Waals surface area contributed by atoms with E-state index >= 15 is 0 Å². The molecule has 0 radical (unpaired) electrons. The predicted octanol–water partition coefficient (Wildman–Crippen LogP) is 1.29. The standard InChI is InChI=1S/C15H21ClN2O4S/c16-12-4-6-14(7-5-12)23(21,22)18-9-8-17-15(20)11-2-1-3-13(19)10-11/h4-7,11,13,18-19H,1-3,8-10H2,(H,17,20)/t11-,13+/m0/s1. The normalized spacial score (nSPS) is 21.8. The van der Waals surface area contributed by atoms with E-state index in [-0.39, 0.29) is 29.8 Å². The van der Waals surface area contributed by atoms with Gasteiger partial charge in [0.15, 0.2) is 0 Å². The van der Waals surface area contributed by atoms with Crippen LogP contribution in [0.1, 0.15) is 25.7 Å². The summed E-state index contributed by atoms with van der Waals surface area (Å²) in [5.41, 5.74) is 0. The van der Waals surface area contributed by atoms with Crippen LogP contribution in [-0.2, 0) is 14.8 Å². The van der Waals surface area contributed by atoms with Crippen molar-refractivity contribution in [1.82, 2.24) is 10.0 Å². The average molecular weight is 361 g/mol. The van der Waals surface area contributed by atoms with Crippen LogP contribution in [0.4, 0.5) is 0 Å². The Hall–Kier alpha value is -1.15. The Morgan fingerprint density at radius 3 is 2.57 bits per heavy atom. The van der Waals surface area contributed by atoms with Gasteiger partial charge in [0.25, 0.3) is 0 Å². The molecule has 6 nitrogen and oxygen atoms in total. The summed E-state index contributed by atoms with van der Waals surface area (Å²) in [4.78, 5) is 12.1. The zero-order chi connectivity index (χ0) is 16.9. The van der Waals surface area contributed by atoms with E-state index in [2.05, 4.69) is 10.0 Å². The average Bonchev–Trinajstić information content (AvgIpc) is 2.52.